The quantitative estimate of drug-likeness (QED) is 0.736. The lowest BCUT2D eigenvalue weighted by atomic mass is 10.0. The van der Waals surface area contributed by atoms with Gasteiger partial charge in [0.2, 0.25) is 0 Å². The lowest BCUT2D eigenvalue weighted by Crippen LogP contribution is -2.44. The lowest BCUT2D eigenvalue weighted by molar-refractivity contribution is 0.201. The molecule has 0 bridgehead atoms. The van der Waals surface area contributed by atoms with Crippen LogP contribution in [0.4, 0.5) is 10.1 Å². The van der Waals surface area contributed by atoms with E-state index in [9.17, 15) is 4.39 Å². The summed E-state index contributed by atoms with van der Waals surface area (Å²) in [4.78, 5) is 13.3. The molecule has 1 fully saturated rings. The Bertz CT molecular complexity index is 818. The molecule has 0 unspecified atom stereocenters. The molecule has 0 aromatic carbocycles. The molecule has 5 nitrogen and oxygen atoms in total. The van der Waals surface area contributed by atoms with E-state index in [0.717, 1.165) is 73.5 Å². The summed E-state index contributed by atoms with van der Waals surface area (Å²) in [5, 5.41) is 3.63. The first-order chi connectivity index (χ1) is 13.7. The molecule has 4 heterocycles. The van der Waals surface area contributed by atoms with Crippen LogP contribution in [0.2, 0.25) is 0 Å². The summed E-state index contributed by atoms with van der Waals surface area (Å²) in [5.41, 5.74) is 2.93. The summed E-state index contributed by atoms with van der Waals surface area (Å²) < 4.78 is 14.6. The van der Waals surface area contributed by atoms with Gasteiger partial charge in [0, 0.05) is 55.0 Å². The van der Waals surface area contributed by atoms with Crippen molar-refractivity contribution >= 4 is 21.6 Å². The van der Waals surface area contributed by atoms with Crippen molar-refractivity contribution < 1.29 is 4.39 Å². The summed E-state index contributed by atoms with van der Waals surface area (Å²) in [7, 11) is 0. The molecule has 0 amide bonds. The van der Waals surface area contributed by atoms with Crippen LogP contribution < -0.4 is 10.2 Å². The van der Waals surface area contributed by atoms with E-state index in [2.05, 4.69) is 53.3 Å². The second-order valence-electron chi connectivity index (χ2n) is 7.37. The fourth-order valence-corrected chi connectivity index (χ4v) is 4.03. The van der Waals surface area contributed by atoms with Gasteiger partial charge in [0.1, 0.15) is 5.82 Å². The number of nitrogens with one attached hydrogen (secondary N) is 1. The van der Waals surface area contributed by atoms with Crippen molar-refractivity contribution in [2.45, 2.75) is 31.8 Å². The number of halogens is 2. The highest BCUT2D eigenvalue weighted by Gasteiger charge is 2.20. The highest BCUT2D eigenvalue weighted by molar-refractivity contribution is 9.10. The zero-order chi connectivity index (χ0) is 19.3. The first kappa shape index (κ1) is 19.5. The predicted octanol–water partition coefficient (Wildman–Crippen LogP) is 3.51. The molecular formula is C21H25BrFN5. The van der Waals surface area contributed by atoms with Gasteiger partial charge >= 0.3 is 0 Å². The zero-order valence-corrected chi connectivity index (χ0v) is 17.4. The number of fused-ring (bicyclic) bond motifs is 1. The maximum atomic E-state index is 13.6. The van der Waals surface area contributed by atoms with Gasteiger partial charge in [0.05, 0.1) is 23.3 Å². The largest absolute Gasteiger partial charge is 0.345 e. The first-order valence-corrected chi connectivity index (χ1v) is 10.6. The van der Waals surface area contributed by atoms with Gasteiger partial charge in [-0.1, -0.05) is 6.08 Å². The number of allylic oxidation sites excluding steroid dienone is 1. The Hall–Kier alpha value is -1.83. The van der Waals surface area contributed by atoms with E-state index < -0.39 is 0 Å². The monoisotopic (exact) mass is 445 g/mol. The highest BCUT2D eigenvalue weighted by atomic mass is 79.9. The van der Waals surface area contributed by atoms with E-state index in [0.29, 0.717) is 6.04 Å². The van der Waals surface area contributed by atoms with Crippen LogP contribution in [0.3, 0.4) is 0 Å². The fraction of sp³-hybridized carbons (Fsp3) is 0.429. The van der Waals surface area contributed by atoms with Crippen molar-refractivity contribution in [3.8, 4) is 0 Å². The highest BCUT2D eigenvalue weighted by Crippen LogP contribution is 2.24. The fourth-order valence-electron chi connectivity index (χ4n) is 3.80. The smallest absolute Gasteiger partial charge is 0.143 e. The van der Waals surface area contributed by atoms with E-state index in [1.54, 1.807) is 6.07 Å². The Morgan fingerprint density at radius 1 is 1.14 bits per heavy atom. The third kappa shape index (κ3) is 4.96. The summed E-state index contributed by atoms with van der Waals surface area (Å²) in [6.45, 7) is 4.80. The van der Waals surface area contributed by atoms with Crippen molar-refractivity contribution in [2.24, 2.45) is 0 Å². The number of piperidine rings is 1. The van der Waals surface area contributed by atoms with Crippen molar-refractivity contribution in [1.29, 1.82) is 0 Å². The Labute approximate surface area is 173 Å². The van der Waals surface area contributed by atoms with Gasteiger partial charge in [-0.25, -0.2) is 4.39 Å². The molecule has 0 spiro atoms. The third-order valence-corrected chi connectivity index (χ3v) is 5.89. The molecule has 28 heavy (non-hydrogen) atoms. The maximum Gasteiger partial charge on any atom is 0.143 e. The van der Waals surface area contributed by atoms with Crippen LogP contribution in [-0.4, -0.2) is 47.1 Å². The molecule has 2 aromatic heterocycles. The lowest BCUT2D eigenvalue weighted by Gasteiger charge is -2.34. The number of anilines is 1. The molecule has 4 rings (SSSR count). The topological polar surface area (TPSA) is 44.3 Å². The van der Waals surface area contributed by atoms with Crippen molar-refractivity contribution in [3.63, 3.8) is 0 Å². The van der Waals surface area contributed by atoms with Crippen LogP contribution in [0.5, 0.6) is 0 Å². The van der Waals surface area contributed by atoms with E-state index in [4.69, 9.17) is 0 Å². The van der Waals surface area contributed by atoms with Gasteiger partial charge in [-0.05, 0) is 54.0 Å². The van der Waals surface area contributed by atoms with E-state index in [1.807, 2.05) is 18.3 Å². The van der Waals surface area contributed by atoms with Crippen LogP contribution in [0, 0.1) is 5.82 Å². The number of aromatic nitrogens is 2. The van der Waals surface area contributed by atoms with E-state index >= 15 is 0 Å². The second-order valence-corrected chi connectivity index (χ2v) is 8.28. The number of rotatable bonds is 6. The minimum Gasteiger partial charge on any atom is -0.345 e. The number of hydrogen-bond donors (Lipinski definition) is 1. The van der Waals surface area contributed by atoms with Crippen LogP contribution in [-0.2, 0) is 13.0 Å². The van der Waals surface area contributed by atoms with E-state index in [1.165, 1.54) is 6.20 Å². The average molecular weight is 446 g/mol. The molecule has 2 aliphatic heterocycles. The van der Waals surface area contributed by atoms with Gasteiger partial charge in [-0.3, -0.25) is 9.97 Å². The number of hydrogen-bond acceptors (Lipinski definition) is 5. The Morgan fingerprint density at radius 2 is 2.00 bits per heavy atom. The molecule has 1 N–H and O–H groups in total. The van der Waals surface area contributed by atoms with Gasteiger partial charge in [0.25, 0.3) is 0 Å². The predicted molar refractivity (Wildman–Crippen MR) is 113 cm³/mol. The molecule has 148 valence electrons. The number of nitrogens with zero attached hydrogens (tertiary/aromatic N) is 4. The Balaban J connectivity index is 1.22. The minimum absolute atomic E-state index is 0.272. The average Bonchev–Trinajstić information content (AvgIpc) is 2.72. The summed E-state index contributed by atoms with van der Waals surface area (Å²) in [6, 6.07) is 6.21. The molecule has 2 aromatic rings. The molecular weight excluding hydrogens is 421 g/mol. The zero-order valence-electron chi connectivity index (χ0n) is 15.8. The first-order valence-electron chi connectivity index (χ1n) is 9.81. The molecule has 7 heteroatoms. The Kier molecular flexibility index (Phi) is 6.34. The number of likely N-dealkylation sites (tertiary alicyclic amines) is 1. The van der Waals surface area contributed by atoms with Gasteiger partial charge in [-0.15, -0.1) is 0 Å². The van der Waals surface area contributed by atoms with Crippen molar-refractivity contribution in [2.75, 3.05) is 31.1 Å². The van der Waals surface area contributed by atoms with Gasteiger partial charge in [-0.2, -0.15) is 0 Å². The van der Waals surface area contributed by atoms with Gasteiger partial charge in [0.15, 0.2) is 0 Å². The number of pyridine rings is 2. The minimum atomic E-state index is -0.272. The molecule has 0 aliphatic carbocycles. The summed E-state index contributed by atoms with van der Waals surface area (Å²) in [6.07, 6.45) is 10.4. The Morgan fingerprint density at radius 3 is 2.79 bits per heavy atom. The maximum absolute atomic E-state index is 13.6. The van der Waals surface area contributed by atoms with Crippen LogP contribution in [0.25, 0.3) is 0 Å². The second kappa shape index (κ2) is 9.11. The van der Waals surface area contributed by atoms with E-state index in [-0.39, 0.29) is 5.82 Å². The molecule has 2 aliphatic rings. The normalized spacial score (nSPS) is 17.7. The molecule has 0 saturated carbocycles. The summed E-state index contributed by atoms with van der Waals surface area (Å²) >= 11 is 3.42. The van der Waals surface area contributed by atoms with Crippen LogP contribution in [0.15, 0.2) is 47.3 Å². The van der Waals surface area contributed by atoms with Crippen molar-refractivity contribution in [3.05, 3.63) is 64.5 Å². The molecule has 0 radical (unpaired) electrons. The SMILES string of the molecule is Fc1cnc2c(c1)N(CCN1CCC(NCc3ccc(Br)cn3)CC1)C=CC2. The van der Waals surface area contributed by atoms with Crippen LogP contribution >= 0.6 is 15.9 Å². The molecule has 1 saturated heterocycles. The van der Waals surface area contributed by atoms with Gasteiger partial charge < -0.3 is 15.1 Å². The standard InChI is InChI=1S/C21H25BrFN5/c22-16-3-4-19(24-13-16)15-25-18-5-8-27(9-6-18)10-11-28-7-1-2-20-21(28)12-17(23)14-26-20/h1,3-4,7,12-14,18,25H,2,5-6,8-11,15H2. The molecule has 0 atom stereocenters. The van der Waals surface area contributed by atoms with Crippen molar-refractivity contribution in [1.82, 2.24) is 20.2 Å². The summed E-state index contributed by atoms with van der Waals surface area (Å²) in [5.74, 6) is -0.272. The third-order valence-electron chi connectivity index (χ3n) is 5.43. The van der Waals surface area contributed by atoms with Crippen LogP contribution in [0.1, 0.15) is 24.2 Å².